The van der Waals surface area contributed by atoms with Crippen LogP contribution < -0.4 is 20.3 Å². The molecule has 0 aliphatic carbocycles. The Bertz CT molecular complexity index is 1110. The number of carbonyl (C=O) groups excluding carboxylic acids is 1. The third-order valence-electron chi connectivity index (χ3n) is 4.88. The van der Waals surface area contributed by atoms with Crippen LogP contribution in [-0.4, -0.2) is 47.6 Å². The molecular weight excluding hydrogens is 394 g/mol. The molecule has 4 rings (SSSR count). The van der Waals surface area contributed by atoms with Gasteiger partial charge in [0.2, 0.25) is 11.9 Å². The molecule has 2 aromatic carbocycles. The molecule has 156 valence electrons. The van der Waals surface area contributed by atoms with Gasteiger partial charge in [-0.1, -0.05) is 6.07 Å². The van der Waals surface area contributed by atoms with Gasteiger partial charge in [-0.3, -0.25) is 4.79 Å². The number of nitrogens with zero attached hydrogens (tertiary/aromatic N) is 5. The summed E-state index contributed by atoms with van der Waals surface area (Å²) in [6.45, 7) is 2.16. The zero-order valence-corrected chi connectivity index (χ0v) is 16.9. The number of hydrogen-bond donors (Lipinski definition) is 2. The fraction of sp³-hybridized carbons (Fsp3) is 0.227. The summed E-state index contributed by atoms with van der Waals surface area (Å²) in [4.78, 5) is 26.8. The van der Waals surface area contributed by atoms with E-state index in [1.54, 1.807) is 49.5 Å². The van der Waals surface area contributed by atoms with Crippen molar-refractivity contribution in [2.75, 3.05) is 37.0 Å². The van der Waals surface area contributed by atoms with E-state index in [4.69, 9.17) is 10.00 Å². The minimum Gasteiger partial charge on any atom is -0.493 e. The Hall–Kier alpha value is -4.19. The molecule has 1 aliphatic rings. The number of anilines is 3. The van der Waals surface area contributed by atoms with E-state index in [2.05, 4.69) is 36.6 Å². The highest BCUT2D eigenvalue weighted by Crippen LogP contribution is 2.23. The molecule has 0 radical (unpaired) electrons. The van der Waals surface area contributed by atoms with Crippen LogP contribution in [0, 0.1) is 17.2 Å². The van der Waals surface area contributed by atoms with Gasteiger partial charge in [-0.2, -0.15) is 10.2 Å². The van der Waals surface area contributed by atoms with Crippen molar-refractivity contribution in [3.63, 3.8) is 0 Å². The van der Waals surface area contributed by atoms with Gasteiger partial charge in [0, 0.05) is 37.3 Å². The van der Waals surface area contributed by atoms with Gasteiger partial charge in [0.1, 0.15) is 12.1 Å². The second-order valence-electron chi connectivity index (χ2n) is 7.11. The van der Waals surface area contributed by atoms with Crippen LogP contribution in [0.15, 0.2) is 54.9 Å². The van der Waals surface area contributed by atoms with E-state index in [1.165, 1.54) is 6.33 Å². The molecule has 0 bridgehead atoms. The van der Waals surface area contributed by atoms with Gasteiger partial charge in [0.15, 0.2) is 0 Å². The zero-order chi connectivity index (χ0) is 21.6. The predicted molar refractivity (Wildman–Crippen MR) is 115 cm³/mol. The van der Waals surface area contributed by atoms with Crippen molar-refractivity contribution >= 4 is 23.5 Å². The average molecular weight is 415 g/mol. The van der Waals surface area contributed by atoms with Crippen LogP contribution in [0.3, 0.4) is 0 Å². The molecule has 1 saturated heterocycles. The molecule has 3 aromatic rings. The van der Waals surface area contributed by atoms with E-state index >= 15 is 0 Å². The molecule has 2 heterocycles. The van der Waals surface area contributed by atoms with Crippen molar-refractivity contribution in [1.82, 2.24) is 20.3 Å². The summed E-state index contributed by atoms with van der Waals surface area (Å²) in [7, 11) is 1.59. The molecular formula is C22H21N7O2. The summed E-state index contributed by atoms with van der Waals surface area (Å²) < 4.78 is 5.80. The molecule has 1 fully saturated rings. The lowest BCUT2D eigenvalue weighted by molar-refractivity contribution is 0.0963. The molecule has 0 unspecified atom stereocenters. The van der Waals surface area contributed by atoms with Gasteiger partial charge in [-0.05, 0) is 42.5 Å². The third-order valence-corrected chi connectivity index (χ3v) is 4.88. The first-order chi connectivity index (χ1) is 15.1. The van der Waals surface area contributed by atoms with Crippen molar-refractivity contribution in [2.24, 2.45) is 5.92 Å². The molecule has 0 saturated carbocycles. The molecule has 31 heavy (non-hydrogen) atoms. The van der Waals surface area contributed by atoms with E-state index < -0.39 is 0 Å². The lowest BCUT2D eigenvalue weighted by Crippen LogP contribution is -2.50. The average Bonchev–Trinajstić information content (AvgIpc) is 2.78. The standard InChI is InChI=1S/C22H21N7O2/c1-24-20(30)17-3-2-4-18(9-17)27-21-25-14-26-22(28-21)29-11-16(12-29)13-31-19-7-5-15(10-23)6-8-19/h2-9,14,16H,11-13H2,1H3,(H,24,30)(H,25,26,27,28). The van der Waals surface area contributed by atoms with Gasteiger partial charge in [0.05, 0.1) is 18.2 Å². The largest absolute Gasteiger partial charge is 0.493 e. The Labute approximate surface area is 179 Å². The molecule has 1 aromatic heterocycles. The van der Waals surface area contributed by atoms with Crippen molar-refractivity contribution < 1.29 is 9.53 Å². The molecule has 1 aliphatic heterocycles. The Morgan fingerprint density at radius 1 is 1.23 bits per heavy atom. The first-order valence-corrected chi connectivity index (χ1v) is 9.80. The monoisotopic (exact) mass is 415 g/mol. The number of hydrogen-bond acceptors (Lipinski definition) is 8. The summed E-state index contributed by atoms with van der Waals surface area (Å²) in [5.41, 5.74) is 1.88. The van der Waals surface area contributed by atoms with Gasteiger partial charge >= 0.3 is 0 Å². The maximum Gasteiger partial charge on any atom is 0.251 e. The van der Waals surface area contributed by atoms with Gasteiger partial charge in [-0.25, -0.2) is 9.97 Å². The summed E-state index contributed by atoms with van der Waals surface area (Å²) in [6, 6.07) is 16.3. The predicted octanol–water partition coefficient (Wildman–Crippen LogP) is 2.36. The van der Waals surface area contributed by atoms with Crippen LogP contribution in [-0.2, 0) is 0 Å². The molecule has 9 heteroatoms. The Kier molecular flexibility index (Phi) is 5.89. The zero-order valence-electron chi connectivity index (χ0n) is 16.9. The molecule has 2 N–H and O–H groups in total. The van der Waals surface area contributed by atoms with Crippen molar-refractivity contribution in [3.05, 3.63) is 66.0 Å². The van der Waals surface area contributed by atoms with Crippen LogP contribution in [0.2, 0.25) is 0 Å². The van der Waals surface area contributed by atoms with Crippen molar-refractivity contribution in [2.45, 2.75) is 0 Å². The number of nitrogens with one attached hydrogen (secondary N) is 2. The second-order valence-corrected chi connectivity index (χ2v) is 7.11. The summed E-state index contributed by atoms with van der Waals surface area (Å²) in [5, 5.41) is 14.6. The summed E-state index contributed by atoms with van der Waals surface area (Å²) >= 11 is 0. The highest BCUT2D eigenvalue weighted by atomic mass is 16.5. The van der Waals surface area contributed by atoms with Crippen LogP contribution in [0.4, 0.5) is 17.6 Å². The first kappa shape index (κ1) is 20.1. The quantitative estimate of drug-likeness (QED) is 0.604. The van der Waals surface area contributed by atoms with Crippen molar-refractivity contribution in [3.8, 4) is 11.8 Å². The van der Waals surface area contributed by atoms with E-state index in [9.17, 15) is 4.79 Å². The van der Waals surface area contributed by atoms with Crippen molar-refractivity contribution in [1.29, 1.82) is 5.26 Å². The fourth-order valence-corrected chi connectivity index (χ4v) is 3.19. The Morgan fingerprint density at radius 2 is 2.03 bits per heavy atom. The van der Waals surface area contributed by atoms with Crippen LogP contribution in [0.25, 0.3) is 0 Å². The van der Waals surface area contributed by atoms with E-state index in [-0.39, 0.29) is 5.91 Å². The lowest BCUT2D eigenvalue weighted by Gasteiger charge is -2.38. The van der Waals surface area contributed by atoms with Gasteiger partial charge in [-0.15, -0.1) is 0 Å². The van der Waals surface area contributed by atoms with Crippen LogP contribution in [0.5, 0.6) is 5.75 Å². The van der Waals surface area contributed by atoms with Gasteiger partial charge < -0.3 is 20.3 Å². The molecule has 0 atom stereocenters. The number of benzene rings is 2. The number of nitriles is 1. The maximum atomic E-state index is 11.8. The third kappa shape index (κ3) is 4.87. The molecule has 9 nitrogen and oxygen atoms in total. The maximum absolute atomic E-state index is 11.8. The first-order valence-electron chi connectivity index (χ1n) is 9.80. The van der Waals surface area contributed by atoms with E-state index in [0.717, 1.165) is 24.5 Å². The van der Waals surface area contributed by atoms with E-state index in [0.29, 0.717) is 35.5 Å². The number of ether oxygens (including phenoxy) is 1. The lowest BCUT2D eigenvalue weighted by atomic mass is 10.0. The number of amides is 1. The normalized spacial score (nSPS) is 13.1. The second kappa shape index (κ2) is 9.09. The van der Waals surface area contributed by atoms with E-state index in [1.807, 2.05) is 6.07 Å². The highest BCUT2D eigenvalue weighted by molar-refractivity contribution is 5.95. The smallest absolute Gasteiger partial charge is 0.251 e. The SMILES string of the molecule is CNC(=O)c1cccc(Nc2ncnc(N3CC(COc4ccc(C#N)cc4)C3)n2)c1. The highest BCUT2D eigenvalue weighted by Gasteiger charge is 2.29. The number of rotatable bonds is 7. The van der Waals surface area contributed by atoms with Crippen LogP contribution >= 0.6 is 0 Å². The van der Waals surface area contributed by atoms with Crippen LogP contribution in [0.1, 0.15) is 15.9 Å². The number of carbonyl (C=O) groups is 1. The summed E-state index contributed by atoms with van der Waals surface area (Å²) in [5.74, 6) is 1.97. The Morgan fingerprint density at radius 3 is 2.77 bits per heavy atom. The molecule has 1 amide bonds. The minimum atomic E-state index is -0.158. The fourth-order valence-electron chi connectivity index (χ4n) is 3.19. The number of aromatic nitrogens is 3. The minimum absolute atomic E-state index is 0.158. The summed E-state index contributed by atoms with van der Waals surface area (Å²) in [6.07, 6.45) is 1.47. The molecule has 0 spiro atoms. The Balaban J connectivity index is 1.31. The topological polar surface area (TPSA) is 116 Å². The van der Waals surface area contributed by atoms with Gasteiger partial charge in [0.25, 0.3) is 5.91 Å².